The first-order valence-corrected chi connectivity index (χ1v) is 5.78. The smallest absolute Gasteiger partial charge is 0.257 e. The third-order valence-corrected chi connectivity index (χ3v) is 2.75. The summed E-state index contributed by atoms with van der Waals surface area (Å²) in [6.45, 7) is 9.13. The molecule has 1 unspecified atom stereocenters. The van der Waals surface area contributed by atoms with Crippen LogP contribution in [0.15, 0.2) is 11.1 Å². The molecule has 0 aromatic carbocycles. The number of ketones is 1. The van der Waals surface area contributed by atoms with E-state index >= 15 is 0 Å². The van der Waals surface area contributed by atoms with Crippen LogP contribution in [0.1, 0.15) is 47.5 Å². The fraction of sp³-hybridized carbons (Fsp3) is 0.692. The number of allylic oxidation sites excluding steroid dienone is 1. The highest BCUT2D eigenvalue weighted by Crippen LogP contribution is 2.12. The van der Waals surface area contributed by atoms with Gasteiger partial charge in [0.25, 0.3) is 5.91 Å². The zero-order valence-corrected chi connectivity index (χ0v) is 11.3. The molecule has 0 rings (SSSR count). The second-order valence-electron chi connectivity index (χ2n) is 4.48. The highest BCUT2D eigenvalue weighted by atomic mass is 16.2. The summed E-state index contributed by atoms with van der Waals surface area (Å²) in [6, 6.07) is 0.172. The van der Waals surface area contributed by atoms with Crippen molar-refractivity contribution in [2.24, 2.45) is 0 Å². The van der Waals surface area contributed by atoms with Gasteiger partial charge in [-0.2, -0.15) is 0 Å². The molecule has 92 valence electrons. The summed E-state index contributed by atoms with van der Waals surface area (Å²) in [7, 11) is 1.76. The molecule has 1 atom stereocenters. The van der Waals surface area contributed by atoms with E-state index in [1.165, 1.54) is 6.92 Å². The van der Waals surface area contributed by atoms with Crippen molar-refractivity contribution in [2.45, 2.75) is 53.5 Å². The molecule has 0 aliphatic rings. The third kappa shape index (κ3) is 3.80. The van der Waals surface area contributed by atoms with Crippen molar-refractivity contribution < 1.29 is 9.59 Å². The SMILES string of the molecule is CCCC(C)N(C)C(=O)C(C(C)=O)=C(C)C. The predicted molar refractivity (Wildman–Crippen MR) is 66.2 cm³/mol. The zero-order chi connectivity index (χ0) is 12.9. The standard InChI is InChI=1S/C13H23NO2/c1-7-8-10(4)14(6)13(16)12(9(2)3)11(5)15/h10H,7-8H2,1-6H3. The Balaban J connectivity index is 4.91. The Labute approximate surface area is 98.5 Å². The first kappa shape index (κ1) is 14.9. The van der Waals surface area contributed by atoms with Gasteiger partial charge in [-0.3, -0.25) is 9.59 Å². The van der Waals surface area contributed by atoms with Crippen LogP contribution in [0.3, 0.4) is 0 Å². The molecule has 1 amide bonds. The second-order valence-corrected chi connectivity index (χ2v) is 4.48. The summed E-state index contributed by atoms with van der Waals surface area (Å²) in [5.74, 6) is -0.311. The normalized spacial score (nSPS) is 11.9. The third-order valence-electron chi connectivity index (χ3n) is 2.75. The van der Waals surface area contributed by atoms with Gasteiger partial charge in [-0.05, 0) is 34.1 Å². The topological polar surface area (TPSA) is 37.4 Å². The van der Waals surface area contributed by atoms with Crippen molar-refractivity contribution in [2.75, 3.05) is 7.05 Å². The van der Waals surface area contributed by atoms with Gasteiger partial charge in [-0.15, -0.1) is 0 Å². The van der Waals surface area contributed by atoms with Crippen molar-refractivity contribution in [3.63, 3.8) is 0 Å². The number of nitrogens with zero attached hydrogens (tertiary/aromatic N) is 1. The van der Waals surface area contributed by atoms with Gasteiger partial charge in [0.05, 0.1) is 5.57 Å². The molecule has 0 heterocycles. The monoisotopic (exact) mass is 225 g/mol. The molecule has 3 nitrogen and oxygen atoms in total. The molecular weight excluding hydrogens is 202 g/mol. The number of likely N-dealkylation sites (N-methyl/N-ethyl adjacent to an activating group) is 1. The van der Waals surface area contributed by atoms with Crippen molar-refractivity contribution in [3.8, 4) is 0 Å². The molecule has 0 aromatic heterocycles. The van der Waals surface area contributed by atoms with Crippen molar-refractivity contribution in [3.05, 3.63) is 11.1 Å². The highest BCUT2D eigenvalue weighted by molar-refractivity contribution is 6.18. The molecule has 0 aliphatic carbocycles. The molecule has 0 fully saturated rings. The summed E-state index contributed by atoms with van der Waals surface area (Å²) < 4.78 is 0. The lowest BCUT2D eigenvalue weighted by molar-refractivity contribution is -0.130. The van der Waals surface area contributed by atoms with Gasteiger partial charge in [0.15, 0.2) is 5.78 Å². The molecule has 0 aromatic rings. The van der Waals surface area contributed by atoms with Crippen LogP contribution in [0.5, 0.6) is 0 Å². The van der Waals surface area contributed by atoms with Gasteiger partial charge in [-0.1, -0.05) is 18.9 Å². The number of rotatable bonds is 5. The Kier molecular flexibility index (Phi) is 6.01. The maximum atomic E-state index is 12.1. The van der Waals surface area contributed by atoms with Crippen molar-refractivity contribution >= 4 is 11.7 Å². The molecule has 0 saturated heterocycles. The van der Waals surface area contributed by atoms with Gasteiger partial charge in [0.1, 0.15) is 0 Å². The molecule has 16 heavy (non-hydrogen) atoms. The van der Waals surface area contributed by atoms with E-state index in [0.29, 0.717) is 5.57 Å². The lowest BCUT2D eigenvalue weighted by Gasteiger charge is -2.25. The van der Waals surface area contributed by atoms with Gasteiger partial charge in [0.2, 0.25) is 0 Å². The molecule has 3 heteroatoms. The van der Waals surface area contributed by atoms with Crippen LogP contribution in [-0.2, 0) is 9.59 Å². The first-order chi connectivity index (χ1) is 7.32. The Hall–Kier alpha value is -1.12. The van der Waals surface area contributed by atoms with Crippen molar-refractivity contribution in [1.82, 2.24) is 4.90 Å². The van der Waals surface area contributed by atoms with Crippen LogP contribution < -0.4 is 0 Å². The molecule has 0 N–H and O–H groups in total. The fourth-order valence-corrected chi connectivity index (χ4v) is 1.70. The van der Waals surface area contributed by atoms with Crippen LogP contribution in [-0.4, -0.2) is 29.7 Å². The van der Waals surface area contributed by atoms with E-state index in [-0.39, 0.29) is 17.7 Å². The number of hydrogen-bond acceptors (Lipinski definition) is 2. The number of carbonyl (C=O) groups excluding carboxylic acids is 2. The first-order valence-electron chi connectivity index (χ1n) is 5.78. The van der Waals surface area contributed by atoms with Gasteiger partial charge >= 0.3 is 0 Å². The van der Waals surface area contributed by atoms with E-state index in [2.05, 4.69) is 6.92 Å². The highest BCUT2D eigenvalue weighted by Gasteiger charge is 2.22. The van der Waals surface area contributed by atoms with E-state index in [4.69, 9.17) is 0 Å². The predicted octanol–water partition coefficient (Wildman–Crippen LogP) is 2.56. The summed E-state index contributed by atoms with van der Waals surface area (Å²) in [5.41, 5.74) is 1.11. The molecular formula is C13H23NO2. The van der Waals surface area contributed by atoms with Crippen molar-refractivity contribution in [1.29, 1.82) is 0 Å². The van der Waals surface area contributed by atoms with E-state index in [9.17, 15) is 9.59 Å². The zero-order valence-electron chi connectivity index (χ0n) is 11.3. The van der Waals surface area contributed by atoms with Crippen LogP contribution in [0.2, 0.25) is 0 Å². The molecule has 0 radical (unpaired) electrons. The number of amides is 1. The molecule has 0 bridgehead atoms. The average Bonchev–Trinajstić information content (AvgIpc) is 2.15. The molecule has 0 saturated carbocycles. The van der Waals surface area contributed by atoms with Gasteiger partial charge < -0.3 is 4.90 Å². The quantitative estimate of drug-likeness (QED) is 0.409. The Morgan fingerprint density at radius 1 is 1.19 bits per heavy atom. The fourth-order valence-electron chi connectivity index (χ4n) is 1.70. The van der Waals surface area contributed by atoms with Crippen LogP contribution >= 0.6 is 0 Å². The van der Waals surface area contributed by atoms with E-state index in [0.717, 1.165) is 18.4 Å². The van der Waals surface area contributed by atoms with Crippen LogP contribution in [0.4, 0.5) is 0 Å². The second kappa shape index (κ2) is 6.46. The van der Waals surface area contributed by atoms with E-state index in [1.807, 2.05) is 6.92 Å². The summed E-state index contributed by atoms with van der Waals surface area (Å²) in [5, 5.41) is 0. The minimum Gasteiger partial charge on any atom is -0.339 e. The maximum absolute atomic E-state index is 12.1. The summed E-state index contributed by atoms with van der Waals surface area (Å²) >= 11 is 0. The van der Waals surface area contributed by atoms with Gasteiger partial charge in [0, 0.05) is 13.1 Å². The molecule has 0 aliphatic heterocycles. The van der Waals surface area contributed by atoms with E-state index < -0.39 is 0 Å². The summed E-state index contributed by atoms with van der Waals surface area (Å²) in [6.07, 6.45) is 1.99. The Morgan fingerprint density at radius 3 is 2.00 bits per heavy atom. The maximum Gasteiger partial charge on any atom is 0.257 e. The largest absolute Gasteiger partial charge is 0.339 e. The summed E-state index contributed by atoms with van der Waals surface area (Å²) in [4.78, 5) is 25.2. The number of carbonyl (C=O) groups is 2. The minimum atomic E-state index is -0.159. The minimum absolute atomic E-state index is 0.152. The average molecular weight is 225 g/mol. The number of hydrogen-bond donors (Lipinski definition) is 0. The number of Topliss-reactive ketones (excluding diaryl/α,β-unsaturated/α-hetero) is 1. The Bertz CT molecular complexity index is 301. The van der Waals surface area contributed by atoms with Crippen LogP contribution in [0.25, 0.3) is 0 Å². The molecule has 0 spiro atoms. The van der Waals surface area contributed by atoms with Gasteiger partial charge in [-0.25, -0.2) is 0 Å². The lowest BCUT2D eigenvalue weighted by atomic mass is 10.0. The Morgan fingerprint density at radius 2 is 1.69 bits per heavy atom. The lowest BCUT2D eigenvalue weighted by Crippen LogP contribution is -2.37. The van der Waals surface area contributed by atoms with Crippen LogP contribution in [0, 0.1) is 0 Å². The van der Waals surface area contributed by atoms with E-state index in [1.54, 1.807) is 25.8 Å².